The molecule has 220 valence electrons. The summed E-state index contributed by atoms with van der Waals surface area (Å²) in [6, 6.07) is 14.3. The number of rotatable bonds is 8. The molecule has 12 heteroatoms. The van der Waals surface area contributed by atoms with Gasteiger partial charge >= 0.3 is 0 Å². The number of nitrogens with one attached hydrogen (secondary N) is 1. The van der Waals surface area contributed by atoms with Gasteiger partial charge in [0.25, 0.3) is 5.91 Å². The highest BCUT2D eigenvalue weighted by Crippen LogP contribution is 2.28. The van der Waals surface area contributed by atoms with Gasteiger partial charge in [0.05, 0.1) is 52.9 Å². The standard InChI is InChI=1S/C30H32ClN5O5S/c1-18-15-36(16-19(2)41-18)29-7-5-6-25(35-29)26-9-8-20-13-32-22(12-27(20)34-26)14-33-30(37)21-10-24(31)23(17-40-3)28(11-21)42(4,38)39/h5-13,18-19H,14-17H2,1-4H3,(H,33,37)/t18-,19+. The lowest BCUT2D eigenvalue weighted by atomic mass is 10.1. The summed E-state index contributed by atoms with van der Waals surface area (Å²) >= 11 is 6.32. The van der Waals surface area contributed by atoms with Gasteiger partial charge in [0.15, 0.2) is 9.84 Å². The van der Waals surface area contributed by atoms with E-state index in [1.54, 1.807) is 6.20 Å². The molecule has 4 heterocycles. The number of nitrogens with zero attached hydrogens (tertiary/aromatic N) is 4. The van der Waals surface area contributed by atoms with E-state index in [4.69, 9.17) is 31.0 Å². The van der Waals surface area contributed by atoms with E-state index in [-0.39, 0.29) is 40.8 Å². The van der Waals surface area contributed by atoms with E-state index in [1.165, 1.54) is 19.2 Å². The Morgan fingerprint density at radius 3 is 2.55 bits per heavy atom. The number of methoxy groups -OCH3 is 1. The Kier molecular flexibility index (Phi) is 8.74. The number of sulfone groups is 1. The number of benzene rings is 1. The largest absolute Gasteiger partial charge is 0.380 e. The summed E-state index contributed by atoms with van der Waals surface area (Å²) in [7, 11) is -2.20. The molecule has 4 aromatic rings. The molecule has 1 aromatic carbocycles. The third-order valence-electron chi connectivity index (χ3n) is 6.91. The van der Waals surface area contributed by atoms with Crippen molar-refractivity contribution in [3.63, 3.8) is 0 Å². The van der Waals surface area contributed by atoms with Crippen LogP contribution < -0.4 is 10.2 Å². The normalized spacial score (nSPS) is 17.4. The number of pyridine rings is 3. The minimum absolute atomic E-state index is 0.00454. The topological polar surface area (TPSA) is 124 Å². The minimum atomic E-state index is -3.65. The van der Waals surface area contributed by atoms with Crippen LogP contribution in [0, 0.1) is 0 Å². The lowest BCUT2D eigenvalue weighted by molar-refractivity contribution is -0.00545. The van der Waals surface area contributed by atoms with Gasteiger partial charge in [-0.2, -0.15) is 0 Å². The summed E-state index contributed by atoms with van der Waals surface area (Å²) in [5, 5.41) is 3.78. The van der Waals surface area contributed by atoms with Gasteiger partial charge in [-0.05, 0) is 56.3 Å². The second-order valence-electron chi connectivity index (χ2n) is 10.4. The van der Waals surface area contributed by atoms with Crippen molar-refractivity contribution < 1.29 is 22.7 Å². The molecule has 10 nitrogen and oxygen atoms in total. The van der Waals surface area contributed by atoms with Crippen molar-refractivity contribution in [3.05, 3.63) is 76.6 Å². The van der Waals surface area contributed by atoms with Crippen LogP contribution in [0.5, 0.6) is 0 Å². The minimum Gasteiger partial charge on any atom is -0.380 e. The maximum absolute atomic E-state index is 13.0. The third-order valence-corrected chi connectivity index (χ3v) is 8.41. The molecule has 0 bridgehead atoms. The zero-order valence-corrected chi connectivity index (χ0v) is 25.4. The lowest BCUT2D eigenvalue weighted by Gasteiger charge is -2.36. The molecular formula is C30H32ClN5O5S. The SMILES string of the molecule is COCc1c(Cl)cc(C(=O)NCc2cc3nc(-c4cccc(N5C[C@@H](C)O[C@@H](C)C5)n4)ccc3cn2)cc1S(C)(=O)=O. The summed E-state index contributed by atoms with van der Waals surface area (Å²) in [5.74, 6) is 0.394. The maximum Gasteiger partial charge on any atom is 0.251 e. The van der Waals surface area contributed by atoms with Gasteiger partial charge < -0.3 is 19.7 Å². The molecule has 1 amide bonds. The first-order valence-electron chi connectivity index (χ1n) is 13.4. The number of amides is 1. The molecule has 0 saturated carbocycles. The van der Waals surface area contributed by atoms with Gasteiger partial charge in [-0.25, -0.2) is 18.4 Å². The Morgan fingerprint density at radius 1 is 1.10 bits per heavy atom. The van der Waals surface area contributed by atoms with E-state index >= 15 is 0 Å². The maximum atomic E-state index is 13.0. The molecule has 1 aliphatic rings. The molecule has 1 fully saturated rings. The Bertz CT molecular complexity index is 1740. The van der Waals surface area contributed by atoms with Crippen molar-refractivity contribution in [1.82, 2.24) is 20.3 Å². The van der Waals surface area contributed by atoms with Gasteiger partial charge in [0.2, 0.25) is 0 Å². The number of carbonyl (C=O) groups excluding carboxylic acids is 1. The van der Waals surface area contributed by atoms with Crippen LogP contribution in [0.3, 0.4) is 0 Å². The molecule has 0 spiro atoms. The summed E-state index contributed by atoms with van der Waals surface area (Å²) in [6.07, 6.45) is 3.01. The Balaban J connectivity index is 1.35. The van der Waals surface area contributed by atoms with Gasteiger partial charge in [0.1, 0.15) is 5.82 Å². The number of morpholine rings is 1. The van der Waals surface area contributed by atoms with E-state index < -0.39 is 15.7 Å². The average Bonchev–Trinajstić information content (AvgIpc) is 2.95. The second-order valence-corrected chi connectivity index (χ2v) is 12.8. The fourth-order valence-corrected chi connectivity index (χ4v) is 6.32. The Labute approximate surface area is 250 Å². The van der Waals surface area contributed by atoms with Crippen molar-refractivity contribution >= 4 is 44.1 Å². The summed E-state index contributed by atoms with van der Waals surface area (Å²) < 4.78 is 35.6. The number of anilines is 1. The molecular weight excluding hydrogens is 578 g/mol. The van der Waals surface area contributed by atoms with Crippen molar-refractivity contribution in [2.45, 2.75) is 44.1 Å². The molecule has 42 heavy (non-hydrogen) atoms. The van der Waals surface area contributed by atoms with Gasteiger partial charge in [0, 0.05) is 54.2 Å². The first-order valence-corrected chi connectivity index (χ1v) is 15.7. The van der Waals surface area contributed by atoms with Crippen LogP contribution >= 0.6 is 11.6 Å². The van der Waals surface area contributed by atoms with Crippen LogP contribution in [-0.4, -0.2) is 67.9 Å². The monoisotopic (exact) mass is 609 g/mol. The number of aromatic nitrogens is 3. The highest BCUT2D eigenvalue weighted by Gasteiger charge is 2.24. The van der Waals surface area contributed by atoms with Gasteiger partial charge in [-0.3, -0.25) is 9.78 Å². The number of hydrogen-bond acceptors (Lipinski definition) is 9. The zero-order valence-electron chi connectivity index (χ0n) is 23.8. The quantitative estimate of drug-likeness (QED) is 0.309. The van der Waals surface area contributed by atoms with Crippen molar-refractivity contribution in [2.24, 2.45) is 0 Å². The van der Waals surface area contributed by atoms with Crippen LogP contribution in [0.4, 0.5) is 5.82 Å². The van der Waals surface area contributed by atoms with E-state index in [9.17, 15) is 13.2 Å². The number of fused-ring (bicyclic) bond motifs is 1. The van der Waals surface area contributed by atoms with Gasteiger partial charge in [-0.15, -0.1) is 0 Å². The van der Waals surface area contributed by atoms with E-state index in [2.05, 4.69) is 29.0 Å². The van der Waals surface area contributed by atoms with Gasteiger partial charge in [-0.1, -0.05) is 17.7 Å². The summed E-state index contributed by atoms with van der Waals surface area (Å²) in [6.45, 7) is 5.77. The second kappa shape index (κ2) is 12.3. The zero-order chi connectivity index (χ0) is 30.0. The fraction of sp³-hybridized carbons (Fsp3) is 0.333. The molecule has 0 radical (unpaired) electrons. The lowest BCUT2D eigenvalue weighted by Crippen LogP contribution is -2.45. The highest BCUT2D eigenvalue weighted by molar-refractivity contribution is 7.90. The predicted octanol–water partition coefficient (Wildman–Crippen LogP) is 4.44. The molecule has 1 N–H and O–H groups in total. The number of hydrogen-bond donors (Lipinski definition) is 1. The third kappa shape index (κ3) is 6.70. The molecule has 1 aliphatic heterocycles. The molecule has 5 rings (SSSR count). The highest BCUT2D eigenvalue weighted by atomic mass is 35.5. The van der Waals surface area contributed by atoms with Crippen molar-refractivity contribution in [3.8, 4) is 11.4 Å². The number of carbonyl (C=O) groups is 1. The van der Waals surface area contributed by atoms with E-state index in [0.29, 0.717) is 16.8 Å². The molecule has 0 aliphatic carbocycles. The first-order chi connectivity index (χ1) is 20.0. The predicted molar refractivity (Wildman–Crippen MR) is 161 cm³/mol. The molecule has 2 atom stereocenters. The van der Waals surface area contributed by atoms with Crippen LogP contribution in [0.1, 0.15) is 35.5 Å². The van der Waals surface area contributed by atoms with E-state index in [1.807, 2.05) is 36.4 Å². The summed E-state index contributed by atoms with van der Waals surface area (Å²) in [4.78, 5) is 29.3. The van der Waals surface area contributed by atoms with Crippen LogP contribution in [0.2, 0.25) is 5.02 Å². The molecule has 1 saturated heterocycles. The summed E-state index contributed by atoms with van der Waals surface area (Å²) in [5.41, 5.74) is 3.20. The number of halogens is 1. The van der Waals surface area contributed by atoms with Crippen molar-refractivity contribution in [1.29, 1.82) is 0 Å². The average molecular weight is 610 g/mol. The smallest absolute Gasteiger partial charge is 0.251 e. The first kappa shape index (κ1) is 29.8. The Hall–Kier alpha value is -3.64. The molecule has 3 aromatic heterocycles. The number of ether oxygens (including phenoxy) is 2. The fourth-order valence-electron chi connectivity index (χ4n) is 5.03. The Morgan fingerprint density at radius 2 is 1.83 bits per heavy atom. The van der Waals surface area contributed by atoms with Crippen LogP contribution in [-0.2, 0) is 32.5 Å². The van der Waals surface area contributed by atoms with Crippen molar-refractivity contribution in [2.75, 3.05) is 31.4 Å². The molecule has 0 unspecified atom stereocenters. The van der Waals surface area contributed by atoms with Crippen LogP contribution in [0.15, 0.2) is 59.6 Å². The van der Waals surface area contributed by atoms with E-state index in [0.717, 1.165) is 41.9 Å². The van der Waals surface area contributed by atoms with Crippen LogP contribution in [0.25, 0.3) is 22.3 Å².